The van der Waals surface area contributed by atoms with Crippen molar-refractivity contribution in [3.05, 3.63) is 0 Å². The zero-order valence-corrected chi connectivity index (χ0v) is 9.84. The van der Waals surface area contributed by atoms with Crippen molar-refractivity contribution in [3.8, 4) is 0 Å². The van der Waals surface area contributed by atoms with Crippen molar-refractivity contribution in [1.82, 2.24) is 9.80 Å². The lowest BCUT2D eigenvalue weighted by Gasteiger charge is -2.33. The maximum atomic E-state index is 12.3. The van der Waals surface area contributed by atoms with Crippen molar-refractivity contribution in [2.75, 3.05) is 13.1 Å². The van der Waals surface area contributed by atoms with Crippen LogP contribution in [0.15, 0.2) is 0 Å². The summed E-state index contributed by atoms with van der Waals surface area (Å²) < 4.78 is 0. The van der Waals surface area contributed by atoms with Gasteiger partial charge in [-0.05, 0) is 38.0 Å². The van der Waals surface area contributed by atoms with Crippen LogP contribution < -0.4 is 0 Å². The van der Waals surface area contributed by atoms with Crippen LogP contribution >= 0.6 is 0 Å². The van der Waals surface area contributed by atoms with Crippen LogP contribution in [-0.4, -0.2) is 52.1 Å². The van der Waals surface area contributed by atoms with E-state index in [4.69, 9.17) is 5.11 Å². The summed E-state index contributed by atoms with van der Waals surface area (Å²) in [6.45, 7) is 1.44. The molecule has 3 fully saturated rings. The molecule has 1 N–H and O–H groups in total. The van der Waals surface area contributed by atoms with E-state index in [1.807, 2.05) is 4.90 Å². The Morgan fingerprint density at radius 1 is 1.12 bits per heavy atom. The molecule has 1 saturated carbocycles. The largest absolute Gasteiger partial charge is 0.480 e. The van der Waals surface area contributed by atoms with E-state index in [0.717, 1.165) is 25.8 Å². The summed E-state index contributed by atoms with van der Waals surface area (Å²) >= 11 is 0. The molecule has 2 amide bonds. The van der Waals surface area contributed by atoms with Gasteiger partial charge in [0.2, 0.25) is 0 Å². The lowest BCUT2D eigenvalue weighted by atomic mass is 10.1. The third-order valence-electron chi connectivity index (χ3n) is 4.44. The monoisotopic (exact) mass is 238 g/mol. The van der Waals surface area contributed by atoms with E-state index in [-0.39, 0.29) is 6.03 Å². The van der Waals surface area contributed by atoms with Crippen LogP contribution in [0.5, 0.6) is 0 Å². The first kappa shape index (κ1) is 10.9. The molecular formula is C12H18N2O3. The second-order valence-corrected chi connectivity index (χ2v) is 5.46. The Kier molecular flexibility index (Phi) is 2.49. The van der Waals surface area contributed by atoms with Gasteiger partial charge in [-0.1, -0.05) is 0 Å². The molecule has 3 aliphatic rings. The summed E-state index contributed by atoms with van der Waals surface area (Å²) in [6.07, 6.45) is 4.86. The zero-order valence-electron chi connectivity index (χ0n) is 9.84. The van der Waals surface area contributed by atoms with E-state index in [2.05, 4.69) is 0 Å². The Morgan fingerprint density at radius 3 is 2.53 bits per heavy atom. The molecule has 0 aromatic rings. The van der Waals surface area contributed by atoms with Gasteiger partial charge in [-0.2, -0.15) is 0 Å². The van der Waals surface area contributed by atoms with Crippen LogP contribution in [0, 0.1) is 5.92 Å². The van der Waals surface area contributed by atoms with Gasteiger partial charge < -0.3 is 14.9 Å². The second-order valence-electron chi connectivity index (χ2n) is 5.46. The number of hydrogen-bond donors (Lipinski definition) is 1. The van der Waals surface area contributed by atoms with Crippen molar-refractivity contribution >= 4 is 12.0 Å². The molecule has 3 rings (SSSR count). The van der Waals surface area contributed by atoms with Crippen LogP contribution in [0.4, 0.5) is 4.79 Å². The number of carbonyl (C=O) groups is 2. The summed E-state index contributed by atoms with van der Waals surface area (Å²) in [5.41, 5.74) is 0. The van der Waals surface area contributed by atoms with Gasteiger partial charge >= 0.3 is 12.0 Å². The lowest BCUT2D eigenvalue weighted by molar-refractivity contribution is -0.141. The molecule has 2 aliphatic heterocycles. The Hall–Kier alpha value is -1.26. The maximum Gasteiger partial charge on any atom is 0.326 e. The number of piperidine rings is 1. The second kappa shape index (κ2) is 3.89. The van der Waals surface area contributed by atoms with Crippen LogP contribution in [0.1, 0.15) is 32.1 Å². The van der Waals surface area contributed by atoms with Gasteiger partial charge in [-0.3, -0.25) is 0 Å². The number of carboxylic acid groups (broad SMARTS) is 1. The number of rotatable bonds is 1. The summed E-state index contributed by atoms with van der Waals surface area (Å²) in [7, 11) is 0. The molecule has 0 aromatic carbocycles. The molecule has 0 spiro atoms. The number of aliphatic carboxylic acids is 1. The molecule has 2 bridgehead atoms. The van der Waals surface area contributed by atoms with Crippen molar-refractivity contribution < 1.29 is 14.7 Å². The van der Waals surface area contributed by atoms with Gasteiger partial charge in [0.1, 0.15) is 6.04 Å². The summed E-state index contributed by atoms with van der Waals surface area (Å²) in [5.74, 6) is -0.199. The molecule has 94 valence electrons. The first-order chi connectivity index (χ1) is 8.16. The van der Waals surface area contributed by atoms with Gasteiger partial charge in [0.25, 0.3) is 0 Å². The summed E-state index contributed by atoms with van der Waals surface area (Å²) in [4.78, 5) is 26.9. The highest BCUT2D eigenvalue weighted by molar-refractivity contribution is 5.83. The minimum atomic E-state index is -0.861. The Balaban J connectivity index is 1.71. The molecule has 3 atom stereocenters. The molecule has 0 radical (unpaired) electrons. The number of likely N-dealkylation sites (tertiary alicyclic amines) is 2. The lowest BCUT2D eigenvalue weighted by Crippen LogP contribution is -2.50. The highest BCUT2D eigenvalue weighted by Crippen LogP contribution is 2.38. The smallest absolute Gasteiger partial charge is 0.326 e. The minimum absolute atomic E-state index is 0.0397. The van der Waals surface area contributed by atoms with Crippen molar-refractivity contribution in [2.24, 2.45) is 5.92 Å². The topological polar surface area (TPSA) is 60.9 Å². The van der Waals surface area contributed by atoms with Gasteiger partial charge in [0.15, 0.2) is 0 Å². The van der Waals surface area contributed by atoms with Crippen LogP contribution in [0.2, 0.25) is 0 Å². The zero-order chi connectivity index (χ0) is 12.0. The molecular weight excluding hydrogens is 220 g/mol. The fourth-order valence-corrected chi connectivity index (χ4v) is 3.58. The Morgan fingerprint density at radius 2 is 1.94 bits per heavy atom. The molecule has 0 aromatic heterocycles. The number of carbonyl (C=O) groups excluding carboxylic acids is 1. The number of urea groups is 1. The third-order valence-corrected chi connectivity index (χ3v) is 4.44. The van der Waals surface area contributed by atoms with Gasteiger partial charge in [0, 0.05) is 19.1 Å². The fourth-order valence-electron chi connectivity index (χ4n) is 3.58. The normalized spacial score (nSPS) is 35.6. The summed E-state index contributed by atoms with van der Waals surface area (Å²) in [6, 6.07) is -0.258. The van der Waals surface area contributed by atoms with Crippen LogP contribution in [0.3, 0.4) is 0 Å². The Bertz CT molecular complexity index is 358. The van der Waals surface area contributed by atoms with Crippen molar-refractivity contribution in [3.63, 3.8) is 0 Å². The number of hydrogen-bond acceptors (Lipinski definition) is 2. The predicted molar refractivity (Wildman–Crippen MR) is 60.6 cm³/mol. The van der Waals surface area contributed by atoms with Gasteiger partial charge in [-0.15, -0.1) is 0 Å². The van der Waals surface area contributed by atoms with E-state index in [1.54, 1.807) is 4.90 Å². The highest BCUT2D eigenvalue weighted by atomic mass is 16.4. The van der Waals surface area contributed by atoms with E-state index in [1.165, 1.54) is 6.42 Å². The Labute approximate surface area is 100 Å². The van der Waals surface area contributed by atoms with Crippen molar-refractivity contribution in [2.45, 2.75) is 44.2 Å². The van der Waals surface area contributed by atoms with Crippen molar-refractivity contribution in [1.29, 1.82) is 0 Å². The van der Waals surface area contributed by atoms with Gasteiger partial charge in [0.05, 0.1) is 0 Å². The van der Waals surface area contributed by atoms with Gasteiger partial charge in [-0.25, -0.2) is 9.59 Å². The molecule has 2 saturated heterocycles. The maximum absolute atomic E-state index is 12.3. The molecule has 1 aliphatic carbocycles. The van der Waals surface area contributed by atoms with E-state index in [0.29, 0.717) is 24.9 Å². The number of amides is 2. The molecule has 17 heavy (non-hydrogen) atoms. The highest BCUT2D eigenvalue weighted by Gasteiger charge is 2.44. The third kappa shape index (κ3) is 1.68. The van der Waals surface area contributed by atoms with E-state index < -0.39 is 12.0 Å². The molecule has 2 heterocycles. The average molecular weight is 238 g/mol. The summed E-state index contributed by atoms with van der Waals surface area (Å²) in [5, 5.41) is 9.09. The first-order valence-electron chi connectivity index (χ1n) is 6.47. The van der Waals surface area contributed by atoms with Crippen LogP contribution in [-0.2, 0) is 4.79 Å². The average Bonchev–Trinajstić information content (AvgIpc) is 3.02. The first-order valence-corrected chi connectivity index (χ1v) is 6.47. The standard InChI is InChI=1S/C12H18N2O3/c15-11(16)10-2-1-5-13(10)12(17)14-7-8-3-4-9(14)6-8/h8-10H,1-7H2,(H,15,16)/t8?,9?,10-/m1/s1. The number of fused-ring (bicyclic) bond motifs is 2. The number of nitrogens with zero attached hydrogens (tertiary/aromatic N) is 2. The fraction of sp³-hybridized carbons (Fsp3) is 0.833. The van der Waals surface area contributed by atoms with Crippen LogP contribution in [0.25, 0.3) is 0 Å². The molecule has 5 nitrogen and oxygen atoms in total. The predicted octanol–water partition coefficient (Wildman–Crippen LogP) is 1.14. The molecule has 2 unspecified atom stereocenters. The minimum Gasteiger partial charge on any atom is -0.480 e. The quantitative estimate of drug-likeness (QED) is 0.745. The van der Waals surface area contributed by atoms with E-state index in [9.17, 15) is 9.59 Å². The molecule has 5 heteroatoms. The number of carboxylic acids is 1. The SMILES string of the molecule is O=C(O)[C@H]1CCCN1C(=O)N1CC2CCC1C2. The van der Waals surface area contributed by atoms with E-state index >= 15 is 0 Å².